The third kappa shape index (κ3) is 4.40. The van der Waals surface area contributed by atoms with E-state index < -0.39 is 18.1 Å². The van der Waals surface area contributed by atoms with E-state index in [9.17, 15) is 9.59 Å². The van der Waals surface area contributed by atoms with Gasteiger partial charge in [0.25, 0.3) is 0 Å². The Hall–Kier alpha value is -2.11. The van der Waals surface area contributed by atoms with Crippen molar-refractivity contribution < 1.29 is 19.4 Å². The molecule has 1 aromatic rings. The van der Waals surface area contributed by atoms with Gasteiger partial charge in [0, 0.05) is 12.4 Å². The molecular formula is C12H16N2O4. The highest BCUT2D eigenvalue weighted by Crippen LogP contribution is 2.03. The van der Waals surface area contributed by atoms with Gasteiger partial charge in [-0.3, -0.25) is 4.98 Å². The molecule has 1 amide bonds. The lowest BCUT2D eigenvalue weighted by Crippen LogP contribution is -2.44. The molecule has 0 aliphatic heterocycles. The van der Waals surface area contributed by atoms with Crippen molar-refractivity contribution in [3.8, 4) is 0 Å². The smallest absolute Gasteiger partial charge is 0.408 e. The number of carbonyl (C=O) groups excluding carboxylic acids is 1. The van der Waals surface area contributed by atoms with Crippen LogP contribution >= 0.6 is 0 Å². The summed E-state index contributed by atoms with van der Waals surface area (Å²) in [6, 6.07) is 2.48. The quantitative estimate of drug-likeness (QED) is 0.827. The molecule has 0 aliphatic carbocycles. The molecule has 1 aromatic heterocycles. The van der Waals surface area contributed by atoms with Gasteiger partial charge >= 0.3 is 12.1 Å². The van der Waals surface area contributed by atoms with E-state index in [0.29, 0.717) is 0 Å². The van der Waals surface area contributed by atoms with E-state index in [2.05, 4.69) is 10.3 Å². The summed E-state index contributed by atoms with van der Waals surface area (Å²) in [5.41, 5.74) is 0.788. The zero-order valence-electron chi connectivity index (χ0n) is 10.3. The molecule has 0 bridgehead atoms. The standard InChI is InChI=1S/C12H16N2O4/c1-8(2)10(11(15)16)14-12(17)18-7-9-3-5-13-6-4-9/h3-6,8,10H,7H2,1-2H3,(H,14,17)(H,15,16)/t10-/m0/s1. The van der Waals surface area contributed by atoms with E-state index in [0.717, 1.165) is 5.56 Å². The number of carbonyl (C=O) groups is 2. The summed E-state index contributed by atoms with van der Waals surface area (Å²) in [7, 11) is 0. The summed E-state index contributed by atoms with van der Waals surface area (Å²) in [5.74, 6) is -1.29. The van der Waals surface area contributed by atoms with Gasteiger partial charge < -0.3 is 15.2 Å². The third-order valence-electron chi connectivity index (χ3n) is 2.33. The van der Waals surface area contributed by atoms with Gasteiger partial charge in [0.2, 0.25) is 0 Å². The highest BCUT2D eigenvalue weighted by atomic mass is 16.5. The van der Waals surface area contributed by atoms with Crippen LogP contribution in [-0.4, -0.2) is 28.2 Å². The Bertz CT molecular complexity index is 406. The molecule has 18 heavy (non-hydrogen) atoms. The molecule has 0 fully saturated rings. The van der Waals surface area contributed by atoms with Crippen LogP contribution in [0.2, 0.25) is 0 Å². The Morgan fingerprint density at radius 1 is 1.39 bits per heavy atom. The van der Waals surface area contributed by atoms with Crippen LogP contribution in [0.25, 0.3) is 0 Å². The van der Waals surface area contributed by atoms with Crippen molar-refractivity contribution in [2.75, 3.05) is 0 Å². The highest BCUT2D eigenvalue weighted by Gasteiger charge is 2.23. The number of amides is 1. The van der Waals surface area contributed by atoms with Gasteiger partial charge in [0.1, 0.15) is 12.6 Å². The summed E-state index contributed by atoms with van der Waals surface area (Å²) >= 11 is 0. The van der Waals surface area contributed by atoms with Gasteiger partial charge in [-0.1, -0.05) is 13.8 Å². The van der Waals surface area contributed by atoms with Crippen LogP contribution in [-0.2, 0) is 16.1 Å². The van der Waals surface area contributed by atoms with E-state index in [1.807, 2.05) is 0 Å². The topological polar surface area (TPSA) is 88.5 Å². The second-order valence-corrected chi connectivity index (χ2v) is 4.14. The lowest BCUT2D eigenvalue weighted by atomic mass is 10.1. The molecule has 0 aliphatic rings. The van der Waals surface area contributed by atoms with Crippen molar-refractivity contribution >= 4 is 12.1 Å². The van der Waals surface area contributed by atoms with Crippen LogP contribution in [0.5, 0.6) is 0 Å². The molecule has 0 saturated heterocycles. The number of alkyl carbamates (subject to hydrolysis) is 1. The minimum Gasteiger partial charge on any atom is -0.480 e. The lowest BCUT2D eigenvalue weighted by Gasteiger charge is -2.17. The van der Waals surface area contributed by atoms with Gasteiger partial charge in [0.05, 0.1) is 0 Å². The van der Waals surface area contributed by atoms with E-state index in [1.54, 1.807) is 38.4 Å². The van der Waals surface area contributed by atoms with Crippen molar-refractivity contribution in [2.45, 2.75) is 26.5 Å². The van der Waals surface area contributed by atoms with Crippen LogP contribution in [0.1, 0.15) is 19.4 Å². The number of nitrogens with one attached hydrogen (secondary N) is 1. The summed E-state index contributed by atoms with van der Waals surface area (Å²) in [6.07, 6.45) is 2.43. The predicted octanol–water partition coefficient (Wildman–Crippen LogP) is 1.42. The van der Waals surface area contributed by atoms with Crippen molar-refractivity contribution in [1.29, 1.82) is 0 Å². The maximum Gasteiger partial charge on any atom is 0.408 e. The molecule has 0 radical (unpaired) electrons. The largest absolute Gasteiger partial charge is 0.480 e. The van der Waals surface area contributed by atoms with Gasteiger partial charge in [-0.2, -0.15) is 0 Å². The number of rotatable bonds is 5. The average molecular weight is 252 g/mol. The lowest BCUT2D eigenvalue weighted by molar-refractivity contribution is -0.140. The Kier molecular flexibility index (Phi) is 5.10. The number of aromatic nitrogens is 1. The third-order valence-corrected chi connectivity index (χ3v) is 2.33. The van der Waals surface area contributed by atoms with Crippen molar-refractivity contribution in [3.05, 3.63) is 30.1 Å². The number of carboxylic acid groups (broad SMARTS) is 1. The Morgan fingerprint density at radius 2 is 2.00 bits per heavy atom. The minimum absolute atomic E-state index is 0.0821. The van der Waals surface area contributed by atoms with E-state index in [1.165, 1.54) is 0 Å². The zero-order valence-corrected chi connectivity index (χ0v) is 10.3. The molecule has 0 spiro atoms. The fourth-order valence-corrected chi connectivity index (χ4v) is 1.31. The molecule has 0 aromatic carbocycles. The molecule has 6 nitrogen and oxygen atoms in total. The maximum atomic E-state index is 11.4. The van der Waals surface area contributed by atoms with Gasteiger partial charge in [-0.05, 0) is 23.6 Å². The second-order valence-electron chi connectivity index (χ2n) is 4.14. The van der Waals surface area contributed by atoms with E-state index >= 15 is 0 Å². The van der Waals surface area contributed by atoms with Crippen LogP contribution in [0, 0.1) is 5.92 Å². The molecular weight excluding hydrogens is 236 g/mol. The number of nitrogens with zero attached hydrogens (tertiary/aromatic N) is 1. The van der Waals surface area contributed by atoms with Crippen molar-refractivity contribution in [2.24, 2.45) is 5.92 Å². The average Bonchev–Trinajstić information content (AvgIpc) is 2.34. The summed E-state index contributed by atoms with van der Waals surface area (Å²) in [5, 5.41) is 11.2. The van der Waals surface area contributed by atoms with Crippen molar-refractivity contribution in [3.63, 3.8) is 0 Å². The number of hydrogen-bond donors (Lipinski definition) is 2. The molecule has 1 heterocycles. The number of ether oxygens (including phenoxy) is 1. The highest BCUT2D eigenvalue weighted by molar-refractivity contribution is 5.80. The fourth-order valence-electron chi connectivity index (χ4n) is 1.31. The van der Waals surface area contributed by atoms with Crippen LogP contribution in [0.4, 0.5) is 4.79 Å². The first-order chi connectivity index (χ1) is 8.50. The zero-order chi connectivity index (χ0) is 13.5. The Morgan fingerprint density at radius 3 is 2.50 bits per heavy atom. The molecule has 6 heteroatoms. The number of aliphatic carboxylic acids is 1. The summed E-state index contributed by atoms with van der Waals surface area (Å²) in [4.78, 5) is 26.1. The van der Waals surface area contributed by atoms with E-state index in [-0.39, 0.29) is 12.5 Å². The molecule has 1 rings (SSSR count). The van der Waals surface area contributed by atoms with Gasteiger partial charge in [-0.15, -0.1) is 0 Å². The summed E-state index contributed by atoms with van der Waals surface area (Å²) in [6.45, 7) is 3.50. The van der Waals surface area contributed by atoms with Crippen LogP contribution < -0.4 is 5.32 Å². The predicted molar refractivity (Wildman–Crippen MR) is 63.8 cm³/mol. The first-order valence-corrected chi connectivity index (χ1v) is 5.55. The monoisotopic (exact) mass is 252 g/mol. The van der Waals surface area contributed by atoms with Crippen LogP contribution in [0.15, 0.2) is 24.5 Å². The normalized spacial score (nSPS) is 11.9. The molecule has 2 N–H and O–H groups in total. The van der Waals surface area contributed by atoms with Crippen molar-refractivity contribution in [1.82, 2.24) is 10.3 Å². The minimum atomic E-state index is -1.08. The molecule has 0 saturated carbocycles. The first kappa shape index (κ1) is 14.0. The number of hydrogen-bond acceptors (Lipinski definition) is 4. The molecule has 0 unspecified atom stereocenters. The first-order valence-electron chi connectivity index (χ1n) is 5.55. The second kappa shape index (κ2) is 6.58. The number of carboxylic acids is 1. The molecule has 1 atom stereocenters. The SMILES string of the molecule is CC(C)[C@H](NC(=O)OCc1ccncc1)C(=O)O. The maximum absolute atomic E-state index is 11.4. The van der Waals surface area contributed by atoms with Gasteiger partial charge in [0.15, 0.2) is 0 Å². The summed E-state index contributed by atoms with van der Waals surface area (Å²) < 4.78 is 4.92. The van der Waals surface area contributed by atoms with E-state index in [4.69, 9.17) is 9.84 Å². The Balaban J connectivity index is 2.44. The Labute approximate surface area is 105 Å². The van der Waals surface area contributed by atoms with Crippen LogP contribution in [0.3, 0.4) is 0 Å². The fraction of sp³-hybridized carbons (Fsp3) is 0.417. The number of pyridine rings is 1. The molecule has 98 valence electrons. The van der Waals surface area contributed by atoms with Gasteiger partial charge in [-0.25, -0.2) is 9.59 Å².